The van der Waals surface area contributed by atoms with E-state index >= 15 is 0 Å². The smallest absolute Gasteiger partial charge is 0.328 e. The number of nitrogens with zero attached hydrogens (tertiary/aromatic N) is 2. The predicted molar refractivity (Wildman–Crippen MR) is 126 cm³/mol. The van der Waals surface area contributed by atoms with Gasteiger partial charge in [-0.15, -0.1) is 0 Å². The van der Waals surface area contributed by atoms with Crippen LogP contribution in [0.15, 0.2) is 79.1 Å². The van der Waals surface area contributed by atoms with Gasteiger partial charge in [-0.3, -0.25) is 24.7 Å². The normalized spacial score (nSPS) is 12.1. The molecule has 2 aromatic carbocycles. The molecular weight excluding hydrogens is 452 g/mol. The molecule has 35 heavy (non-hydrogen) atoms. The van der Waals surface area contributed by atoms with Crippen LogP contribution in [0.3, 0.4) is 0 Å². The Labute approximate surface area is 201 Å². The Morgan fingerprint density at radius 3 is 2.09 bits per heavy atom. The van der Waals surface area contributed by atoms with Crippen molar-refractivity contribution in [1.82, 2.24) is 15.6 Å². The molecule has 0 spiro atoms. The number of aromatic nitrogens is 1. The van der Waals surface area contributed by atoms with Gasteiger partial charge in [0, 0.05) is 42.9 Å². The molecule has 10 nitrogen and oxygen atoms in total. The van der Waals surface area contributed by atoms with Crippen LogP contribution in [0.2, 0.25) is 0 Å². The van der Waals surface area contributed by atoms with Crippen molar-refractivity contribution in [3.05, 3.63) is 106 Å². The Kier molecular flexibility index (Phi) is 8.60. The molecule has 10 heteroatoms. The summed E-state index contributed by atoms with van der Waals surface area (Å²) in [6.45, 7) is 0. The van der Waals surface area contributed by atoms with E-state index in [1.54, 1.807) is 0 Å². The summed E-state index contributed by atoms with van der Waals surface area (Å²) >= 11 is 0. The summed E-state index contributed by atoms with van der Waals surface area (Å²) in [6.07, 6.45) is 3.18. The van der Waals surface area contributed by atoms with Crippen LogP contribution in [0.25, 0.3) is 0 Å². The van der Waals surface area contributed by atoms with Crippen LogP contribution in [-0.4, -0.2) is 46.9 Å². The lowest BCUT2D eigenvalue weighted by Crippen LogP contribution is -2.53. The lowest BCUT2D eigenvalue weighted by atomic mass is 10.0. The van der Waals surface area contributed by atoms with Crippen molar-refractivity contribution in [2.45, 2.75) is 24.9 Å². The number of non-ortho nitro benzene ring substituents is 1. The molecule has 0 aliphatic heterocycles. The molecule has 2 atom stereocenters. The lowest BCUT2D eigenvalue weighted by Gasteiger charge is -2.22. The Hall–Kier alpha value is -4.60. The number of nitrogens with one attached hydrogen (secondary N) is 2. The van der Waals surface area contributed by atoms with Crippen LogP contribution < -0.4 is 10.6 Å². The predicted octanol–water partition coefficient (Wildman–Crippen LogP) is 2.23. The van der Waals surface area contributed by atoms with Crippen molar-refractivity contribution >= 4 is 23.5 Å². The molecule has 1 aromatic heterocycles. The Morgan fingerprint density at radius 2 is 1.49 bits per heavy atom. The average Bonchev–Trinajstić information content (AvgIpc) is 2.88. The van der Waals surface area contributed by atoms with Crippen LogP contribution in [-0.2, 0) is 27.2 Å². The van der Waals surface area contributed by atoms with Gasteiger partial charge in [0.25, 0.3) is 11.6 Å². The second-order valence-corrected chi connectivity index (χ2v) is 7.66. The highest BCUT2D eigenvalue weighted by molar-refractivity contribution is 5.98. The van der Waals surface area contributed by atoms with E-state index in [4.69, 9.17) is 4.74 Å². The fourth-order valence-corrected chi connectivity index (χ4v) is 3.40. The third-order valence-corrected chi connectivity index (χ3v) is 5.24. The first-order valence-corrected chi connectivity index (χ1v) is 10.7. The van der Waals surface area contributed by atoms with Gasteiger partial charge >= 0.3 is 5.97 Å². The molecule has 1 heterocycles. The number of esters is 1. The number of benzene rings is 2. The monoisotopic (exact) mass is 476 g/mol. The fraction of sp³-hybridized carbons (Fsp3) is 0.200. The first kappa shape index (κ1) is 25.0. The zero-order valence-corrected chi connectivity index (χ0v) is 18.9. The van der Waals surface area contributed by atoms with Gasteiger partial charge < -0.3 is 15.4 Å². The number of ether oxygens (including phenoxy) is 1. The molecule has 3 rings (SSSR count). The quantitative estimate of drug-likeness (QED) is 0.260. The van der Waals surface area contributed by atoms with Gasteiger partial charge in [-0.25, -0.2) is 4.79 Å². The Bertz CT molecular complexity index is 1170. The largest absolute Gasteiger partial charge is 0.467 e. The molecular formula is C25H24N4O6. The highest BCUT2D eigenvalue weighted by atomic mass is 16.6. The zero-order valence-electron chi connectivity index (χ0n) is 18.9. The number of hydrogen-bond donors (Lipinski definition) is 2. The minimum absolute atomic E-state index is 0.0484. The number of nitro benzene ring substituents is 1. The molecule has 0 aliphatic rings. The van der Waals surface area contributed by atoms with E-state index in [1.165, 1.54) is 55.9 Å². The second-order valence-electron chi connectivity index (χ2n) is 7.66. The maximum absolute atomic E-state index is 13.2. The van der Waals surface area contributed by atoms with Gasteiger partial charge in [0.2, 0.25) is 5.91 Å². The maximum atomic E-state index is 13.2. The SMILES string of the molecule is COC(=O)[C@H](Cc1ccc([N+](=O)[O-])cc1)NC(=O)[C@H](Cc1ccccc1)NC(=O)c1ccncc1. The average molecular weight is 476 g/mol. The van der Waals surface area contributed by atoms with E-state index in [1.807, 2.05) is 30.3 Å². The van der Waals surface area contributed by atoms with E-state index in [0.29, 0.717) is 11.1 Å². The van der Waals surface area contributed by atoms with Crippen LogP contribution in [0.1, 0.15) is 21.5 Å². The first-order chi connectivity index (χ1) is 16.9. The first-order valence-electron chi connectivity index (χ1n) is 10.7. The van der Waals surface area contributed by atoms with Crippen molar-refractivity contribution in [2.75, 3.05) is 7.11 Å². The van der Waals surface area contributed by atoms with Crippen LogP contribution in [0, 0.1) is 10.1 Å². The summed E-state index contributed by atoms with van der Waals surface area (Å²) in [7, 11) is 1.20. The Morgan fingerprint density at radius 1 is 0.886 bits per heavy atom. The minimum atomic E-state index is -1.06. The van der Waals surface area contributed by atoms with Gasteiger partial charge in [-0.05, 0) is 23.3 Å². The number of rotatable bonds is 10. The molecule has 0 fully saturated rings. The number of pyridine rings is 1. The van der Waals surface area contributed by atoms with Crippen molar-refractivity contribution in [3.63, 3.8) is 0 Å². The summed E-state index contributed by atoms with van der Waals surface area (Å²) in [6, 6.07) is 15.8. The molecule has 2 amide bonds. The number of carbonyl (C=O) groups is 3. The maximum Gasteiger partial charge on any atom is 0.328 e. The molecule has 3 aromatic rings. The van der Waals surface area contributed by atoms with E-state index in [-0.39, 0.29) is 18.5 Å². The number of amides is 2. The van der Waals surface area contributed by atoms with E-state index in [9.17, 15) is 24.5 Å². The van der Waals surface area contributed by atoms with Gasteiger partial charge in [-0.2, -0.15) is 0 Å². The lowest BCUT2D eigenvalue weighted by molar-refractivity contribution is -0.384. The number of carbonyl (C=O) groups excluding carboxylic acids is 3. The third kappa shape index (κ3) is 7.19. The third-order valence-electron chi connectivity index (χ3n) is 5.24. The van der Waals surface area contributed by atoms with Crippen LogP contribution in [0.5, 0.6) is 0 Å². The fourth-order valence-electron chi connectivity index (χ4n) is 3.40. The van der Waals surface area contributed by atoms with Gasteiger partial charge in [0.05, 0.1) is 12.0 Å². The molecule has 0 unspecified atom stereocenters. The summed E-state index contributed by atoms with van der Waals surface area (Å²) in [5.74, 6) is -1.72. The van der Waals surface area contributed by atoms with Crippen molar-refractivity contribution in [1.29, 1.82) is 0 Å². The Balaban J connectivity index is 1.79. The number of nitro groups is 1. The van der Waals surface area contributed by atoms with Crippen LogP contribution in [0.4, 0.5) is 5.69 Å². The minimum Gasteiger partial charge on any atom is -0.467 e. The highest BCUT2D eigenvalue weighted by Crippen LogP contribution is 2.14. The van der Waals surface area contributed by atoms with Crippen LogP contribution >= 0.6 is 0 Å². The number of methoxy groups -OCH3 is 1. The topological polar surface area (TPSA) is 141 Å². The molecule has 0 bridgehead atoms. The molecule has 180 valence electrons. The summed E-state index contributed by atoms with van der Waals surface area (Å²) < 4.78 is 4.84. The van der Waals surface area contributed by atoms with E-state index < -0.39 is 34.8 Å². The molecule has 0 saturated heterocycles. The van der Waals surface area contributed by atoms with E-state index in [2.05, 4.69) is 15.6 Å². The van der Waals surface area contributed by atoms with Crippen molar-refractivity contribution in [2.24, 2.45) is 0 Å². The van der Waals surface area contributed by atoms with Gasteiger partial charge in [-0.1, -0.05) is 42.5 Å². The summed E-state index contributed by atoms with van der Waals surface area (Å²) in [5.41, 5.74) is 1.65. The summed E-state index contributed by atoms with van der Waals surface area (Å²) in [4.78, 5) is 52.6. The van der Waals surface area contributed by atoms with Gasteiger partial charge in [0.1, 0.15) is 12.1 Å². The zero-order chi connectivity index (χ0) is 25.2. The van der Waals surface area contributed by atoms with E-state index in [0.717, 1.165) is 5.56 Å². The van der Waals surface area contributed by atoms with Gasteiger partial charge in [0.15, 0.2) is 0 Å². The van der Waals surface area contributed by atoms with Crippen molar-refractivity contribution < 1.29 is 24.0 Å². The highest BCUT2D eigenvalue weighted by Gasteiger charge is 2.28. The molecule has 2 N–H and O–H groups in total. The number of hydrogen-bond acceptors (Lipinski definition) is 7. The molecule has 0 saturated carbocycles. The standard InChI is InChI=1S/C25H24N4O6/c1-35-25(32)22(16-18-7-9-20(10-8-18)29(33)34)28-24(31)21(15-17-5-3-2-4-6-17)27-23(30)19-11-13-26-14-12-19/h2-14,21-22H,15-16H2,1H3,(H,27,30)(H,28,31)/t21-,22-/m0/s1. The van der Waals surface area contributed by atoms with Crippen molar-refractivity contribution in [3.8, 4) is 0 Å². The second kappa shape index (κ2) is 12.0. The molecule has 0 radical (unpaired) electrons. The molecule has 0 aliphatic carbocycles. The summed E-state index contributed by atoms with van der Waals surface area (Å²) in [5, 5.41) is 16.3.